The van der Waals surface area contributed by atoms with Crippen molar-refractivity contribution in [1.82, 2.24) is 14.8 Å². The molecule has 1 aromatic heterocycles. The van der Waals surface area contributed by atoms with Gasteiger partial charge < -0.3 is 15.2 Å². The van der Waals surface area contributed by atoms with Crippen molar-refractivity contribution in [3.8, 4) is 0 Å². The van der Waals surface area contributed by atoms with Crippen LogP contribution in [0.15, 0.2) is 30.6 Å². The number of nitrogens with two attached hydrogens (primary N) is 1. The molecule has 1 aromatic carbocycles. The molecular weight excluding hydrogens is 272 g/mol. The fraction of sp³-hybridized carbons (Fsp3) is 0.357. The third kappa shape index (κ3) is 3.19. The molecule has 0 saturated heterocycles. The average Bonchev–Trinajstić information content (AvgIpc) is 2.90. The second kappa shape index (κ2) is 5.92. The number of benzene rings is 1. The van der Waals surface area contributed by atoms with Crippen LogP contribution in [0.3, 0.4) is 0 Å². The van der Waals surface area contributed by atoms with Crippen LogP contribution in [0.5, 0.6) is 0 Å². The van der Waals surface area contributed by atoms with Crippen LogP contribution in [0.2, 0.25) is 0 Å². The van der Waals surface area contributed by atoms with E-state index < -0.39 is 5.97 Å². The van der Waals surface area contributed by atoms with Gasteiger partial charge in [-0.15, -0.1) is 5.10 Å². The predicted molar refractivity (Wildman–Crippen MR) is 74.2 cm³/mol. The molecule has 0 radical (unpaired) electrons. The molecule has 3 rings (SSSR count). The molecule has 7 nitrogen and oxygen atoms in total. The second-order valence-corrected chi connectivity index (χ2v) is 4.79. The van der Waals surface area contributed by atoms with Crippen LogP contribution < -0.4 is 5.73 Å². The molecule has 0 amide bonds. The van der Waals surface area contributed by atoms with Gasteiger partial charge >= 0.3 is 5.97 Å². The van der Waals surface area contributed by atoms with Gasteiger partial charge in [0, 0.05) is 0 Å². The van der Waals surface area contributed by atoms with Crippen molar-refractivity contribution in [2.45, 2.75) is 19.1 Å². The lowest BCUT2D eigenvalue weighted by atomic mass is 9.98. The molecule has 2 N–H and O–H groups in total. The molecule has 0 saturated carbocycles. The van der Waals surface area contributed by atoms with Crippen LogP contribution in [0, 0.1) is 0 Å². The van der Waals surface area contributed by atoms with Crippen LogP contribution in [0.1, 0.15) is 17.2 Å². The van der Waals surface area contributed by atoms with Gasteiger partial charge in [0.05, 0.1) is 6.61 Å². The van der Waals surface area contributed by atoms with Gasteiger partial charge in [-0.2, -0.15) is 0 Å². The number of hydrogen-bond acceptors (Lipinski definition) is 6. The number of nitrogen functional groups attached to an aromatic ring is 1. The zero-order valence-electron chi connectivity index (χ0n) is 11.4. The summed E-state index contributed by atoms with van der Waals surface area (Å²) in [5.41, 5.74) is 7.71. The van der Waals surface area contributed by atoms with E-state index in [1.54, 1.807) is 0 Å². The number of hydrogen-bond donors (Lipinski definition) is 1. The summed E-state index contributed by atoms with van der Waals surface area (Å²) in [4.78, 5) is 15.5. The highest BCUT2D eigenvalue weighted by Crippen LogP contribution is 2.26. The minimum atomic E-state index is -0.397. The lowest BCUT2D eigenvalue weighted by Gasteiger charge is -2.25. The quantitative estimate of drug-likeness (QED) is 0.833. The molecule has 1 unspecified atom stereocenters. The summed E-state index contributed by atoms with van der Waals surface area (Å²) in [5.74, 6) is -0.265. The molecule has 1 aliphatic heterocycles. The van der Waals surface area contributed by atoms with Crippen LogP contribution >= 0.6 is 0 Å². The standard InChI is InChI=1S/C14H16N4O3/c15-14-16-9-18(17-14)7-13(19)21-8-12-11-4-2-1-3-10(11)5-6-20-12/h1-4,9,12H,5-8H2,(H2,15,17). The Balaban J connectivity index is 1.57. The van der Waals surface area contributed by atoms with E-state index in [9.17, 15) is 4.79 Å². The third-order valence-electron chi connectivity index (χ3n) is 3.33. The van der Waals surface area contributed by atoms with Crippen molar-refractivity contribution in [2.75, 3.05) is 18.9 Å². The highest BCUT2D eigenvalue weighted by atomic mass is 16.6. The number of carbonyl (C=O) groups excluding carboxylic acids is 1. The number of rotatable bonds is 4. The maximum atomic E-state index is 11.8. The van der Waals surface area contributed by atoms with Crippen molar-refractivity contribution >= 4 is 11.9 Å². The maximum absolute atomic E-state index is 11.8. The van der Waals surface area contributed by atoms with E-state index in [4.69, 9.17) is 15.2 Å². The van der Waals surface area contributed by atoms with E-state index in [0.29, 0.717) is 6.61 Å². The third-order valence-corrected chi connectivity index (χ3v) is 3.33. The van der Waals surface area contributed by atoms with Gasteiger partial charge in [-0.1, -0.05) is 24.3 Å². The summed E-state index contributed by atoms with van der Waals surface area (Å²) in [6.45, 7) is 0.817. The summed E-state index contributed by atoms with van der Waals surface area (Å²) in [6.07, 6.45) is 2.07. The Bertz CT molecular complexity index is 641. The molecule has 1 atom stereocenters. The van der Waals surface area contributed by atoms with Crippen molar-refractivity contribution in [3.63, 3.8) is 0 Å². The van der Waals surface area contributed by atoms with E-state index in [1.807, 2.05) is 18.2 Å². The van der Waals surface area contributed by atoms with Gasteiger partial charge in [-0.05, 0) is 17.5 Å². The van der Waals surface area contributed by atoms with Crippen LogP contribution in [0.4, 0.5) is 5.95 Å². The van der Waals surface area contributed by atoms with Gasteiger partial charge in [0.1, 0.15) is 25.6 Å². The van der Waals surface area contributed by atoms with Gasteiger partial charge in [0.25, 0.3) is 0 Å². The van der Waals surface area contributed by atoms with Crippen molar-refractivity contribution in [1.29, 1.82) is 0 Å². The molecule has 2 heterocycles. The minimum absolute atomic E-state index is 0.0153. The van der Waals surface area contributed by atoms with Crippen LogP contribution in [-0.4, -0.2) is 33.9 Å². The maximum Gasteiger partial charge on any atom is 0.327 e. The first-order valence-electron chi connectivity index (χ1n) is 6.72. The zero-order valence-corrected chi connectivity index (χ0v) is 11.4. The summed E-state index contributed by atoms with van der Waals surface area (Å²) in [7, 11) is 0. The number of carbonyl (C=O) groups is 1. The molecular formula is C14H16N4O3. The van der Waals surface area contributed by atoms with Crippen molar-refractivity contribution < 1.29 is 14.3 Å². The number of nitrogens with zero attached hydrogens (tertiary/aromatic N) is 3. The first kappa shape index (κ1) is 13.6. The Hall–Kier alpha value is -2.41. The number of aromatic nitrogens is 3. The highest BCUT2D eigenvalue weighted by molar-refractivity contribution is 5.69. The van der Waals surface area contributed by atoms with Crippen LogP contribution in [0.25, 0.3) is 0 Å². The number of ether oxygens (including phenoxy) is 2. The fourth-order valence-electron chi connectivity index (χ4n) is 2.35. The molecule has 0 bridgehead atoms. The normalized spacial score (nSPS) is 17.2. The van der Waals surface area contributed by atoms with Gasteiger partial charge in [0.2, 0.25) is 5.95 Å². The Morgan fingerprint density at radius 1 is 1.48 bits per heavy atom. The van der Waals surface area contributed by atoms with E-state index in [1.165, 1.54) is 16.6 Å². The van der Waals surface area contributed by atoms with Gasteiger partial charge in [-0.3, -0.25) is 4.79 Å². The largest absolute Gasteiger partial charge is 0.461 e. The van der Waals surface area contributed by atoms with Crippen molar-refractivity contribution in [3.05, 3.63) is 41.7 Å². The smallest absolute Gasteiger partial charge is 0.327 e. The highest BCUT2D eigenvalue weighted by Gasteiger charge is 2.22. The molecule has 0 fully saturated rings. The molecule has 21 heavy (non-hydrogen) atoms. The van der Waals surface area contributed by atoms with Crippen molar-refractivity contribution in [2.24, 2.45) is 0 Å². The first-order valence-corrected chi connectivity index (χ1v) is 6.72. The number of anilines is 1. The average molecular weight is 288 g/mol. The molecule has 2 aromatic rings. The topological polar surface area (TPSA) is 92.3 Å². The summed E-state index contributed by atoms with van der Waals surface area (Å²) < 4.78 is 12.3. The molecule has 0 spiro atoms. The van der Waals surface area contributed by atoms with E-state index in [0.717, 1.165) is 12.0 Å². The minimum Gasteiger partial charge on any atom is -0.461 e. The summed E-state index contributed by atoms with van der Waals surface area (Å²) in [6, 6.07) is 8.04. The summed E-state index contributed by atoms with van der Waals surface area (Å²) in [5, 5.41) is 3.83. The van der Waals surface area contributed by atoms with E-state index in [-0.39, 0.29) is 25.2 Å². The lowest BCUT2D eigenvalue weighted by Crippen LogP contribution is -2.23. The van der Waals surface area contributed by atoms with Crippen LogP contribution in [-0.2, 0) is 27.2 Å². The number of fused-ring (bicyclic) bond motifs is 1. The summed E-state index contributed by atoms with van der Waals surface area (Å²) >= 11 is 0. The Morgan fingerprint density at radius 2 is 2.33 bits per heavy atom. The number of esters is 1. The second-order valence-electron chi connectivity index (χ2n) is 4.79. The fourth-order valence-corrected chi connectivity index (χ4v) is 2.35. The first-order chi connectivity index (χ1) is 10.2. The lowest BCUT2D eigenvalue weighted by molar-refractivity contribution is -0.149. The van der Waals surface area contributed by atoms with Gasteiger partial charge in [0.15, 0.2) is 0 Å². The predicted octanol–water partition coefficient (Wildman–Crippen LogP) is 0.717. The Labute approximate surface area is 121 Å². The van der Waals surface area contributed by atoms with E-state index in [2.05, 4.69) is 16.1 Å². The zero-order chi connectivity index (χ0) is 14.7. The Kier molecular flexibility index (Phi) is 3.83. The monoisotopic (exact) mass is 288 g/mol. The van der Waals surface area contributed by atoms with Gasteiger partial charge in [-0.25, -0.2) is 9.67 Å². The molecule has 0 aliphatic carbocycles. The molecule has 7 heteroatoms. The SMILES string of the molecule is Nc1ncn(CC(=O)OCC2OCCc3ccccc32)n1. The molecule has 110 valence electrons. The van der Waals surface area contributed by atoms with E-state index >= 15 is 0 Å². The Morgan fingerprint density at radius 3 is 3.14 bits per heavy atom. The molecule has 1 aliphatic rings.